The number of imide groups is 2. The van der Waals surface area contributed by atoms with Gasteiger partial charge >= 0.3 is 6.03 Å². The zero-order valence-corrected chi connectivity index (χ0v) is 17.9. The molecule has 7 heteroatoms. The average molecular weight is 417 g/mol. The van der Waals surface area contributed by atoms with Crippen LogP contribution in [0.2, 0.25) is 0 Å². The predicted octanol–water partition coefficient (Wildman–Crippen LogP) is 3.97. The lowest BCUT2D eigenvalue weighted by atomic mass is 10.1. The van der Waals surface area contributed by atoms with E-state index in [0.29, 0.717) is 5.76 Å². The number of nitrogens with one attached hydrogen (secondary N) is 1. The van der Waals surface area contributed by atoms with Gasteiger partial charge in [0.15, 0.2) is 0 Å². The van der Waals surface area contributed by atoms with Crippen LogP contribution in [0, 0.1) is 27.7 Å². The molecule has 158 valence electrons. The third-order valence-electron chi connectivity index (χ3n) is 5.60. The van der Waals surface area contributed by atoms with Crippen molar-refractivity contribution in [2.45, 2.75) is 34.2 Å². The van der Waals surface area contributed by atoms with E-state index in [1.54, 1.807) is 18.2 Å². The minimum absolute atomic E-state index is 0.0516. The number of hydrogen-bond acceptors (Lipinski definition) is 4. The van der Waals surface area contributed by atoms with Gasteiger partial charge in [0.2, 0.25) is 0 Å². The normalized spacial score (nSPS) is 15.7. The smallest absolute Gasteiger partial charge is 0.331 e. The predicted molar refractivity (Wildman–Crippen MR) is 115 cm³/mol. The highest BCUT2D eigenvalue weighted by Crippen LogP contribution is 2.25. The van der Waals surface area contributed by atoms with Gasteiger partial charge in [0.05, 0.1) is 12.8 Å². The summed E-state index contributed by atoms with van der Waals surface area (Å²) in [5, 5.41) is 2.24. The molecule has 7 nitrogen and oxygen atoms in total. The van der Waals surface area contributed by atoms with Crippen molar-refractivity contribution in [2.75, 3.05) is 0 Å². The SMILES string of the molecule is Cc1ccc(-n2c(C)cc(/C=C3\C(=O)NC(=O)N(Cc4ccco4)C3=O)c2C)cc1C. The minimum Gasteiger partial charge on any atom is -0.467 e. The second-order valence-electron chi connectivity index (χ2n) is 7.72. The van der Waals surface area contributed by atoms with E-state index >= 15 is 0 Å². The van der Waals surface area contributed by atoms with Gasteiger partial charge in [-0.05, 0) is 80.8 Å². The lowest BCUT2D eigenvalue weighted by Crippen LogP contribution is -2.53. The van der Waals surface area contributed by atoms with Gasteiger partial charge in [-0.15, -0.1) is 0 Å². The molecule has 0 atom stereocenters. The van der Waals surface area contributed by atoms with E-state index in [-0.39, 0.29) is 12.1 Å². The quantitative estimate of drug-likeness (QED) is 0.514. The fraction of sp³-hybridized carbons (Fsp3) is 0.208. The van der Waals surface area contributed by atoms with Crippen molar-refractivity contribution in [3.8, 4) is 5.69 Å². The van der Waals surface area contributed by atoms with Crippen LogP contribution in [0.4, 0.5) is 4.79 Å². The number of benzene rings is 1. The Labute approximate surface area is 180 Å². The fourth-order valence-corrected chi connectivity index (χ4v) is 3.75. The number of barbiturate groups is 1. The van der Waals surface area contributed by atoms with Gasteiger partial charge in [-0.3, -0.25) is 19.8 Å². The molecular weight excluding hydrogens is 394 g/mol. The summed E-state index contributed by atoms with van der Waals surface area (Å²) in [4.78, 5) is 38.6. The summed E-state index contributed by atoms with van der Waals surface area (Å²) in [5.41, 5.74) is 5.91. The van der Waals surface area contributed by atoms with Crippen LogP contribution in [0.5, 0.6) is 0 Å². The first-order chi connectivity index (χ1) is 14.8. The van der Waals surface area contributed by atoms with Crippen molar-refractivity contribution >= 4 is 23.9 Å². The Morgan fingerprint density at radius 3 is 2.45 bits per heavy atom. The molecule has 4 rings (SSSR count). The Morgan fingerprint density at radius 1 is 1.00 bits per heavy atom. The molecule has 31 heavy (non-hydrogen) atoms. The van der Waals surface area contributed by atoms with Crippen LogP contribution in [0.25, 0.3) is 11.8 Å². The van der Waals surface area contributed by atoms with Crippen LogP contribution >= 0.6 is 0 Å². The molecule has 0 bridgehead atoms. The summed E-state index contributed by atoms with van der Waals surface area (Å²) in [7, 11) is 0. The molecule has 4 amide bonds. The maximum Gasteiger partial charge on any atom is 0.331 e. The minimum atomic E-state index is -0.760. The van der Waals surface area contributed by atoms with Gasteiger partial charge in [0.1, 0.15) is 11.3 Å². The van der Waals surface area contributed by atoms with E-state index in [1.807, 2.05) is 26.0 Å². The highest BCUT2D eigenvalue weighted by Gasteiger charge is 2.36. The number of urea groups is 1. The van der Waals surface area contributed by atoms with Crippen LogP contribution in [-0.2, 0) is 16.1 Å². The van der Waals surface area contributed by atoms with Crippen LogP contribution in [0.1, 0.15) is 33.8 Å². The Morgan fingerprint density at radius 2 is 1.77 bits per heavy atom. The number of amides is 4. The molecule has 0 spiro atoms. The summed E-state index contributed by atoms with van der Waals surface area (Å²) >= 11 is 0. The van der Waals surface area contributed by atoms with E-state index < -0.39 is 17.8 Å². The molecule has 1 N–H and O–H groups in total. The third kappa shape index (κ3) is 3.70. The van der Waals surface area contributed by atoms with Crippen molar-refractivity contribution in [3.63, 3.8) is 0 Å². The number of nitrogens with zero attached hydrogens (tertiary/aromatic N) is 2. The van der Waals surface area contributed by atoms with Crippen molar-refractivity contribution in [3.05, 3.63) is 82.1 Å². The Kier molecular flexibility index (Phi) is 5.10. The lowest BCUT2D eigenvalue weighted by Gasteiger charge is -2.25. The summed E-state index contributed by atoms with van der Waals surface area (Å²) in [6.45, 7) is 7.98. The van der Waals surface area contributed by atoms with Gasteiger partial charge < -0.3 is 8.98 Å². The van der Waals surface area contributed by atoms with Gasteiger partial charge in [0, 0.05) is 17.1 Å². The molecule has 1 aromatic carbocycles. The molecule has 0 saturated carbocycles. The van der Waals surface area contributed by atoms with E-state index in [1.165, 1.54) is 17.4 Å². The van der Waals surface area contributed by atoms with E-state index in [9.17, 15) is 14.4 Å². The maximum atomic E-state index is 13.0. The number of furan rings is 1. The molecule has 3 aromatic rings. The lowest BCUT2D eigenvalue weighted by molar-refractivity contribution is -0.130. The molecule has 3 heterocycles. The first-order valence-electron chi connectivity index (χ1n) is 9.94. The number of rotatable bonds is 4. The van der Waals surface area contributed by atoms with Crippen LogP contribution in [-0.4, -0.2) is 27.3 Å². The molecule has 1 saturated heterocycles. The Balaban J connectivity index is 1.71. The molecule has 2 aromatic heterocycles. The highest BCUT2D eigenvalue weighted by atomic mass is 16.3. The second-order valence-corrected chi connectivity index (χ2v) is 7.72. The van der Waals surface area contributed by atoms with Gasteiger partial charge in [-0.2, -0.15) is 0 Å². The fourth-order valence-electron chi connectivity index (χ4n) is 3.75. The average Bonchev–Trinajstić information content (AvgIpc) is 3.32. The Bertz CT molecular complexity index is 1230. The second kappa shape index (κ2) is 7.75. The van der Waals surface area contributed by atoms with Gasteiger partial charge in [-0.25, -0.2) is 4.79 Å². The first-order valence-corrected chi connectivity index (χ1v) is 9.94. The summed E-state index contributed by atoms with van der Waals surface area (Å²) in [6.07, 6.45) is 3.00. The highest BCUT2D eigenvalue weighted by molar-refractivity contribution is 6.31. The zero-order valence-electron chi connectivity index (χ0n) is 17.9. The summed E-state index contributed by atoms with van der Waals surface area (Å²) in [6, 6.07) is 10.7. The zero-order chi connectivity index (χ0) is 22.3. The number of aromatic nitrogens is 1. The molecule has 0 aliphatic carbocycles. The Hall–Kier alpha value is -3.87. The molecule has 1 fully saturated rings. The molecule has 1 aliphatic heterocycles. The first kappa shape index (κ1) is 20.4. The van der Waals surface area contributed by atoms with Gasteiger partial charge in [-0.1, -0.05) is 6.07 Å². The summed E-state index contributed by atoms with van der Waals surface area (Å²) < 4.78 is 7.32. The van der Waals surface area contributed by atoms with E-state index in [2.05, 4.69) is 35.9 Å². The molecule has 0 radical (unpaired) electrons. The van der Waals surface area contributed by atoms with Crippen LogP contribution in [0.3, 0.4) is 0 Å². The molecular formula is C24H23N3O4. The van der Waals surface area contributed by atoms with Crippen molar-refractivity contribution < 1.29 is 18.8 Å². The van der Waals surface area contributed by atoms with Crippen molar-refractivity contribution in [2.24, 2.45) is 0 Å². The van der Waals surface area contributed by atoms with Crippen LogP contribution < -0.4 is 5.32 Å². The van der Waals surface area contributed by atoms with E-state index in [4.69, 9.17) is 4.42 Å². The molecule has 1 aliphatic rings. The number of aryl methyl sites for hydroxylation is 3. The van der Waals surface area contributed by atoms with Crippen molar-refractivity contribution in [1.82, 2.24) is 14.8 Å². The summed E-state index contributed by atoms with van der Waals surface area (Å²) in [5.74, 6) is -0.909. The molecule has 0 unspecified atom stereocenters. The number of carbonyl (C=O) groups is 3. The number of hydrogen-bond donors (Lipinski definition) is 1. The standard InChI is InChI=1S/C24H23N3O4/c1-14-7-8-19(10-15(14)2)27-16(3)11-18(17(27)4)12-21-22(28)25-24(30)26(23(21)29)13-20-6-5-9-31-20/h5-12H,13H2,1-4H3,(H,25,28,30)/b21-12+. The van der Waals surface area contributed by atoms with Crippen LogP contribution in [0.15, 0.2) is 52.7 Å². The number of carbonyl (C=O) groups excluding carboxylic acids is 3. The van der Waals surface area contributed by atoms with Crippen molar-refractivity contribution in [1.29, 1.82) is 0 Å². The maximum absolute atomic E-state index is 13.0. The third-order valence-corrected chi connectivity index (χ3v) is 5.60. The largest absolute Gasteiger partial charge is 0.467 e. The van der Waals surface area contributed by atoms with E-state index in [0.717, 1.165) is 27.5 Å². The van der Waals surface area contributed by atoms with Gasteiger partial charge in [0.25, 0.3) is 11.8 Å². The monoisotopic (exact) mass is 417 g/mol. The topological polar surface area (TPSA) is 84.6 Å².